The quantitative estimate of drug-likeness (QED) is 0.878. The molecule has 1 N–H and O–H groups in total. The molecule has 1 aliphatic heterocycles. The molecule has 18 heavy (non-hydrogen) atoms. The van der Waals surface area contributed by atoms with Gasteiger partial charge in [-0.3, -0.25) is 9.69 Å². The highest BCUT2D eigenvalue weighted by Gasteiger charge is 2.22. The molecule has 1 saturated heterocycles. The maximum absolute atomic E-state index is 11.5. The molecule has 100 valence electrons. The molecule has 0 unspecified atom stereocenters. The topological polar surface area (TPSA) is 49.0 Å². The van der Waals surface area contributed by atoms with E-state index in [-0.39, 0.29) is 5.56 Å². The van der Waals surface area contributed by atoms with Crippen LogP contribution >= 0.6 is 11.8 Å². The van der Waals surface area contributed by atoms with Crippen LogP contribution in [0.15, 0.2) is 10.9 Å². The van der Waals surface area contributed by atoms with E-state index >= 15 is 0 Å². The van der Waals surface area contributed by atoms with E-state index in [0.29, 0.717) is 0 Å². The minimum atomic E-state index is -0.0308. The SMILES string of the molecule is CCc1cc(=O)[nH]c(CN2CC[C@@H](CSC)C2)n1. The van der Waals surface area contributed by atoms with Gasteiger partial charge < -0.3 is 4.98 Å². The van der Waals surface area contributed by atoms with E-state index in [1.54, 1.807) is 6.07 Å². The molecular formula is C13H21N3OS. The number of nitrogens with zero attached hydrogens (tertiary/aromatic N) is 2. The lowest BCUT2D eigenvalue weighted by Crippen LogP contribution is -2.24. The van der Waals surface area contributed by atoms with Crippen LogP contribution in [0.5, 0.6) is 0 Å². The number of thioether (sulfide) groups is 1. The van der Waals surface area contributed by atoms with Gasteiger partial charge >= 0.3 is 0 Å². The van der Waals surface area contributed by atoms with Gasteiger partial charge in [0, 0.05) is 18.3 Å². The summed E-state index contributed by atoms with van der Waals surface area (Å²) in [6.45, 7) is 5.04. The van der Waals surface area contributed by atoms with Gasteiger partial charge in [-0.2, -0.15) is 11.8 Å². The molecule has 4 nitrogen and oxygen atoms in total. The number of hydrogen-bond acceptors (Lipinski definition) is 4. The third kappa shape index (κ3) is 3.59. The number of rotatable bonds is 5. The van der Waals surface area contributed by atoms with Crippen molar-refractivity contribution in [1.29, 1.82) is 0 Å². The van der Waals surface area contributed by atoms with Crippen molar-refractivity contribution in [3.8, 4) is 0 Å². The highest BCUT2D eigenvalue weighted by Crippen LogP contribution is 2.20. The second kappa shape index (κ2) is 6.38. The molecule has 1 atom stereocenters. The molecule has 0 radical (unpaired) electrons. The smallest absolute Gasteiger partial charge is 0.251 e. The fourth-order valence-electron chi connectivity index (χ4n) is 2.46. The fraction of sp³-hybridized carbons (Fsp3) is 0.692. The van der Waals surface area contributed by atoms with Gasteiger partial charge in [0.25, 0.3) is 5.56 Å². The van der Waals surface area contributed by atoms with E-state index in [0.717, 1.165) is 43.5 Å². The number of H-pyrrole nitrogens is 1. The first-order valence-corrected chi connectivity index (χ1v) is 7.91. The zero-order valence-corrected chi connectivity index (χ0v) is 11.9. The normalized spacial score (nSPS) is 20.4. The summed E-state index contributed by atoms with van der Waals surface area (Å²) in [6, 6.07) is 1.59. The molecule has 1 aliphatic rings. The van der Waals surface area contributed by atoms with E-state index in [4.69, 9.17) is 0 Å². The second-order valence-corrected chi connectivity index (χ2v) is 5.79. The van der Waals surface area contributed by atoms with Crippen LogP contribution in [0.25, 0.3) is 0 Å². The van der Waals surface area contributed by atoms with Crippen LogP contribution in [0.1, 0.15) is 24.9 Å². The monoisotopic (exact) mass is 267 g/mol. The Balaban J connectivity index is 1.98. The Labute approximate surface area is 112 Å². The Hall–Kier alpha value is -0.810. The summed E-state index contributed by atoms with van der Waals surface area (Å²) in [5.74, 6) is 2.83. The summed E-state index contributed by atoms with van der Waals surface area (Å²) >= 11 is 1.92. The third-order valence-corrected chi connectivity index (χ3v) is 4.16. The number of aromatic amines is 1. The highest BCUT2D eigenvalue weighted by molar-refractivity contribution is 7.98. The predicted molar refractivity (Wildman–Crippen MR) is 76.0 cm³/mol. The van der Waals surface area contributed by atoms with E-state index in [2.05, 4.69) is 21.1 Å². The standard InChI is InChI=1S/C13H21N3OS/c1-3-11-6-13(17)15-12(14-11)8-16-5-4-10(7-16)9-18-2/h6,10H,3-5,7-9H2,1-2H3,(H,14,15,17)/t10-/m1/s1. The Morgan fingerprint density at radius 2 is 2.44 bits per heavy atom. The van der Waals surface area contributed by atoms with Crippen LogP contribution in [0.3, 0.4) is 0 Å². The number of likely N-dealkylation sites (tertiary alicyclic amines) is 1. The molecule has 0 amide bonds. The zero-order valence-electron chi connectivity index (χ0n) is 11.1. The summed E-state index contributed by atoms with van der Waals surface area (Å²) in [4.78, 5) is 21.2. The van der Waals surface area contributed by atoms with Crippen LogP contribution in [-0.4, -0.2) is 40.0 Å². The number of hydrogen-bond donors (Lipinski definition) is 1. The zero-order chi connectivity index (χ0) is 13.0. The Morgan fingerprint density at radius 1 is 1.61 bits per heavy atom. The van der Waals surface area contributed by atoms with Crippen molar-refractivity contribution in [3.63, 3.8) is 0 Å². The van der Waals surface area contributed by atoms with E-state index in [9.17, 15) is 4.79 Å². The molecule has 0 aromatic carbocycles. The highest BCUT2D eigenvalue weighted by atomic mass is 32.2. The Bertz CT molecular complexity index is 446. The van der Waals surface area contributed by atoms with Crippen molar-refractivity contribution < 1.29 is 0 Å². The molecule has 0 aliphatic carbocycles. The Morgan fingerprint density at radius 3 is 3.17 bits per heavy atom. The van der Waals surface area contributed by atoms with Gasteiger partial charge in [0.2, 0.25) is 0 Å². The van der Waals surface area contributed by atoms with Crippen molar-refractivity contribution in [2.45, 2.75) is 26.3 Å². The van der Waals surface area contributed by atoms with Crippen LogP contribution in [0, 0.1) is 5.92 Å². The van der Waals surface area contributed by atoms with Crippen LogP contribution in [-0.2, 0) is 13.0 Å². The number of aryl methyl sites for hydroxylation is 1. The van der Waals surface area contributed by atoms with Crippen molar-refractivity contribution in [2.24, 2.45) is 5.92 Å². The summed E-state index contributed by atoms with van der Waals surface area (Å²) in [7, 11) is 0. The van der Waals surface area contributed by atoms with Gasteiger partial charge in [0.05, 0.1) is 6.54 Å². The van der Waals surface area contributed by atoms with Crippen molar-refractivity contribution >= 4 is 11.8 Å². The van der Waals surface area contributed by atoms with Crippen molar-refractivity contribution in [2.75, 3.05) is 25.1 Å². The van der Waals surface area contributed by atoms with Gasteiger partial charge in [-0.1, -0.05) is 6.92 Å². The van der Waals surface area contributed by atoms with Gasteiger partial charge in [0.15, 0.2) is 0 Å². The molecule has 0 bridgehead atoms. The molecule has 1 aromatic rings. The van der Waals surface area contributed by atoms with Gasteiger partial charge in [-0.25, -0.2) is 4.98 Å². The molecule has 0 saturated carbocycles. The summed E-state index contributed by atoms with van der Waals surface area (Å²) < 4.78 is 0. The second-order valence-electron chi connectivity index (χ2n) is 4.88. The minimum absolute atomic E-state index is 0.0308. The largest absolute Gasteiger partial charge is 0.309 e. The van der Waals surface area contributed by atoms with E-state index in [1.165, 1.54) is 12.2 Å². The maximum atomic E-state index is 11.5. The average molecular weight is 267 g/mol. The lowest BCUT2D eigenvalue weighted by molar-refractivity contribution is 0.312. The summed E-state index contributed by atoms with van der Waals surface area (Å²) in [5.41, 5.74) is 0.852. The maximum Gasteiger partial charge on any atom is 0.251 e. The van der Waals surface area contributed by atoms with Crippen LogP contribution < -0.4 is 5.56 Å². The first kappa shape index (κ1) is 13.6. The molecule has 1 fully saturated rings. The first-order valence-electron chi connectivity index (χ1n) is 6.51. The van der Waals surface area contributed by atoms with Gasteiger partial charge in [-0.15, -0.1) is 0 Å². The van der Waals surface area contributed by atoms with E-state index in [1.807, 2.05) is 18.7 Å². The fourth-order valence-corrected chi connectivity index (χ4v) is 3.20. The lowest BCUT2D eigenvalue weighted by Gasteiger charge is -2.15. The molecule has 2 rings (SSSR count). The van der Waals surface area contributed by atoms with Crippen molar-refractivity contribution in [1.82, 2.24) is 14.9 Å². The Kier molecular flexibility index (Phi) is 4.83. The van der Waals surface area contributed by atoms with E-state index < -0.39 is 0 Å². The van der Waals surface area contributed by atoms with Gasteiger partial charge in [-0.05, 0) is 37.3 Å². The molecule has 1 aromatic heterocycles. The minimum Gasteiger partial charge on any atom is -0.309 e. The third-order valence-electron chi connectivity index (χ3n) is 3.35. The molecular weight excluding hydrogens is 246 g/mol. The number of nitrogens with one attached hydrogen (secondary N) is 1. The van der Waals surface area contributed by atoms with Crippen LogP contribution in [0.2, 0.25) is 0 Å². The molecule has 0 spiro atoms. The average Bonchev–Trinajstić information content (AvgIpc) is 2.76. The lowest BCUT2D eigenvalue weighted by atomic mass is 10.2. The summed E-state index contributed by atoms with van der Waals surface area (Å²) in [6.07, 6.45) is 4.23. The van der Waals surface area contributed by atoms with Crippen molar-refractivity contribution in [3.05, 3.63) is 27.9 Å². The summed E-state index contributed by atoms with van der Waals surface area (Å²) in [5, 5.41) is 0. The first-order chi connectivity index (χ1) is 8.71. The number of aromatic nitrogens is 2. The predicted octanol–water partition coefficient (Wildman–Crippen LogP) is 1.52. The molecule has 5 heteroatoms. The molecule has 2 heterocycles. The van der Waals surface area contributed by atoms with Gasteiger partial charge in [0.1, 0.15) is 5.82 Å². The van der Waals surface area contributed by atoms with Crippen LogP contribution in [0.4, 0.5) is 0 Å².